The third-order valence-electron chi connectivity index (χ3n) is 2.83. The summed E-state index contributed by atoms with van der Waals surface area (Å²) in [5, 5.41) is 17.6. The third-order valence-corrected chi connectivity index (χ3v) is 3.54. The van der Waals surface area contributed by atoms with E-state index in [1.54, 1.807) is 29.9 Å². The highest BCUT2D eigenvalue weighted by atomic mass is 35.5. The fourth-order valence-electron chi connectivity index (χ4n) is 1.82. The Morgan fingerprint density at radius 3 is 2.74 bits per heavy atom. The van der Waals surface area contributed by atoms with Gasteiger partial charge in [-0.05, 0) is 25.1 Å². The molecule has 0 spiro atoms. The van der Waals surface area contributed by atoms with E-state index >= 15 is 0 Å². The van der Waals surface area contributed by atoms with Crippen LogP contribution >= 0.6 is 23.2 Å². The number of nitriles is 1. The van der Waals surface area contributed by atoms with Gasteiger partial charge in [-0.3, -0.25) is 4.68 Å². The Hall–Kier alpha value is -1.70. The van der Waals surface area contributed by atoms with Crippen LogP contribution in [-0.2, 0) is 13.6 Å². The van der Waals surface area contributed by atoms with Crippen LogP contribution in [-0.4, -0.2) is 9.78 Å². The second kappa shape index (κ2) is 5.52. The van der Waals surface area contributed by atoms with Gasteiger partial charge in [-0.2, -0.15) is 10.4 Å². The summed E-state index contributed by atoms with van der Waals surface area (Å²) in [6.07, 6.45) is 0. The van der Waals surface area contributed by atoms with Crippen molar-refractivity contribution in [1.29, 1.82) is 5.26 Å². The average Bonchev–Trinajstić information content (AvgIpc) is 2.61. The molecule has 0 aliphatic carbocycles. The van der Waals surface area contributed by atoms with Crippen molar-refractivity contribution in [3.05, 3.63) is 45.2 Å². The molecule has 0 saturated carbocycles. The van der Waals surface area contributed by atoms with E-state index < -0.39 is 0 Å². The molecule has 1 aromatic carbocycles. The lowest BCUT2D eigenvalue weighted by atomic mass is 10.2. The topological polar surface area (TPSA) is 53.6 Å². The number of hydrogen-bond donors (Lipinski definition) is 1. The largest absolute Gasteiger partial charge is 0.380 e. The summed E-state index contributed by atoms with van der Waals surface area (Å²) in [6, 6.07) is 7.21. The normalized spacial score (nSPS) is 10.3. The van der Waals surface area contributed by atoms with Gasteiger partial charge in [-0.1, -0.05) is 23.2 Å². The second-order valence-corrected chi connectivity index (χ2v) is 4.93. The van der Waals surface area contributed by atoms with Gasteiger partial charge in [-0.15, -0.1) is 0 Å². The Kier molecular flexibility index (Phi) is 3.98. The predicted octanol–water partition coefficient (Wildman–Crippen LogP) is 3.52. The van der Waals surface area contributed by atoms with E-state index in [1.807, 2.05) is 6.92 Å². The SMILES string of the molecule is Cc1nn(C)c(Cl)c1CNc1cc(Cl)ccc1C#N. The van der Waals surface area contributed by atoms with E-state index in [2.05, 4.69) is 16.5 Å². The molecule has 0 atom stereocenters. The fraction of sp³-hybridized carbons (Fsp3) is 0.231. The molecule has 1 heterocycles. The lowest BCUT2D eigenvalue weighted by Crippen LogP contribution is -2.02. The maximum atomic E-state index is 9.04. The monoisotopic (exact) mass is 294 g/mol. The summed E-state index contributed by atoms with van der Waals surface area (Å²) >= 11 is 12.1. The molecule has 1 N–H and O–H groups in total. The van der Waals surface area contributed by atoms with Gasteiger partial charge in [0.05, 0.1) is 16.9 Å². The number of aryl methyl sites for hydroxylation is 2. The molecule has 2 rings (SSSR count). The molecule has 0 fully saturated rings. The first kappa shape index (κ1) is 13.7. The van der Waals surface area contributed by atoms with Crippen molar-refractivity contribution in [3.63, 3.8) is 0 Å². The Morgan fingerprint density at radius 1 is 1.42 bits per heavy atom. The molecule has 0 aliphatic heterocycles. The van der Waals surface area contributed by atoms with Crippen molar-refractivity contribution in [2.24, 2.45) is 7.05 Å². The summed E-state index contributed by atoms with van der Waals surface area (Å²) in [7, 11) is 1.79. The highest BCUT2D eigenvalue weighted by Gasteiger charge is 2.11. The van der Waals surface area contributed by atoms with E-state index in [4.69, 9.17) is 28.5 Å². The highest BCUT2D eigenvalue weighted by Crippen LogP contribution is 2.24. The van der Waals surface area contributed by atoms with E-state index in [1.165, 1.54) is 0 Å². The fourth-order valence-corrected chi connectivity index (χ4v) is 2.23. The first-order valence-electron chi connectivity index (χ1n) is 5.64. The number of nitrogens with zero attached hydrogens (tertiary/aromatic N) is 3. The lowest BCUT2D eigenvalue weighted by Gasteiger charge is -2.08. The smallest absolute Gasteiger partial charge is 0.131 e. The molecule has 0 amide bonds. The van der Waals surface area contributed by atoms with Crippen LogP contribution in [0.25, 0.3) is 0 Å². The van der Waals surface area contributed by atoms with Crippen molar-refractivity contribution >= 4 is 28.9 Å². The molecular weight excluding hydrogens is 283 g/mol. The quantitative estimate of drug-likeness (QED) is 0.942. The van der Waals surface area contributed by atoms with Crippen molar-refractivity contribution < 1.29 is 0 Å². The molecule has 2 aromatic rings. The number of hydrogen-bond acceptors (Lipinski definition) is 3. The molecule has 19 heavy (non-hydrogen) atoms. The van der Waals surface area contributed by atoms with Gasteiger partial charge < -0.3 is 5.32 Å². The number of rotatable bonds is 3. The molecule has 1 aromatic heterocycles. The van der Waals surface area contributed by atoms with Crippen molar-refractivity contribution in [1.82, 2.24) is 9.78 Å². The van der Waals surface area contributed by atoms with E-state index in [0.29, 0.717) is 28.0 Å². The number of benzene rings is 1. The number of halogens is 2. The summed E-state index contributed by atoms with van der Waals surface area (Å²) in [4.78, 5) is 0. The lowest BCUT2D eigenvalue weighted by molar-refractivity contribution is 0.757. The van der Waals surface area contributed by atoms with Gasteiger partial charge in [0.1, 0.15) is 11.2 Å². The van der Waals surface area contributed by atoms with Crippen molar-refractivity contribution in [2.45, 2.75) is 13.5 Å². The number of nitrogens with one attached hydrogen (secondary N) is 1. The van der Waals surface area contributed by atoms with Crippen LogP contribution in [0.2, 0.25) is 10.2 Å². The highest BCUT2D eigenvalue weighted by molar-refractivity contribution is 6.31. The van der Waals surface area contributed by atoms with Crippen LogP contribution in [0.1, 0.15) is 16.8 Å². The molecule has 0 saturated heterocycles. The zero-order valence-electron chi connectivity index (χ0n) is 10.5. The van der Waals surface area contributed by atoms with Crippen LogP contribution in [0.15, 0.2) is 18.2 Å². The number of aromatic nitrogens is 2. The minimum atomic E-state index is 0.494. The van der Waals surface area contributed by atoms with E-state index in [9.17, 15) is 0 Å². The molecule has 6 heteroatoms. The van der Waals surface area contributed by atoms with Crippen LogP contribution in [0, 0.1) is 18.3 Å². The van der Waals surface area contributed by atoms with Gasteiger partial charge in [-0.25, -0.2) is 0 Å². The Bertz CT molecular complexity index is 655. The average molecular weight is 295 g/mol. The summed E-state index contributed by atoms with van der Waals surface area (Å²) in [5.74, 6) is 0. The summed E-state index contributed by atoms with van der Waals surface area (Å²) in [6.45, 7) is 2.39. The first-order valence-corrected chi connectivity index (χ1v) is 6.40. The standard InChI is InChI=1S/C13H12Cl2N4/c1-8-11(13(15)19(2)18-8)7-17-12-5-10(14)4-3-9(12)6-16/h3-5,17H,7H2,1-2H3. The summed E-state index contributed by atoms with van der Waals surface area (Å²) in [5.41, 5.74) is 3.00. The van der Waals surface area contributed by atoms with Crippen LogP contribution in [0.5, 0.6) is 0 Å². The Morgan fingerprint density at radius 2 is 2.16 bits per heavy atom. The maximum absolute atomic E-state index is 9.04. The molecule has 4 nitrogen and oxygen atoms in total. The van der Waals surface area contributed by atoms with E-state index in [-0.39, 0.29) is 0 Å². The predicted molar refractivity (Wildman–Crippen MR) is 76.4 cm³/mol. The van der Waals surface area contributed by atoms with Gasteiger partial charge in [0.25, 0.3) is 0 Å². The van der Waals surface area contributed by atoms with Gasteiger partial charge >= 0.3 is 0 Å². The Labute approximate surface area is 121 Å². The molecule has 98 valence electrons. The van der Waals surface area contributed by atoms with Gasteiger partial charge in [0.2, 0.25) is 0 Å². The minimum absolute atomic E-state index is 0.494. The van der Waals surface area contributed by atoms with Crippen LogP contribution in [0.4, 0.5) is 5.69 Å². The third kappa shape index (κ3) is 2.83. The van der Waals surface area contributed by atoms with Gasteiger partial charge in [0.15, 0.2) is 0 Å². The van der Waals surface area contributed by atoms with Crippen molar-refractivity contribution in [3.8, 4) is 6.07 Å². The van der Waals surface area contributed by atoms with Crippen molar-refractivity contribution in [2.75, 3.05) is 5.32 Å². The minimum Gasteiger partial charge on any atom is -0.380 e. The zero-order valence-corrected chi connectivity index (χ0v) is 12.0. The molecule has 0 bridgehead atoms. The zero-order chi connectivity index (χ0) is 14.0. The Balaban J connectivity index is 2.24. The molecule has 0 aliphatic rings. The van der Waals surface area contributed by atoms with E-state index in [0.717, 1.165) is 11.3 Å². The van der Waals surface area contributed by atoms with Crippen LogP contribution in [0.3, 0.4) is 0 Å². The molecule has 0 radical (unpaired) electrons. The molecule has 0 unspecified atom stereocenters. The summed E-state index contributed by atoms with van der Waals surface area (Å²) < 4.78 is 1.62. The van der Waals surface area contributed by atoms with Gasteiger partial charge in [0, 0.05) is 24.2 Å². The molecular formula is C13H12Cl2N4. The number of anilines is 1. The first-order chi connectivity index (χ1) is 9.02. The maximum Gasteiger partial charge on any atom is 0.131 e. The second-order valence-electron chi connectivity index (χ2n) is 4.13. The van der Waals surface area contributed by atoms with Crippen LogP contribution < -0.4 is 5.32 Å².